The molecule has 4 N–H and O–H groups in total. The number of aromatic nitrogens is 3. The smallest absolute Gasteiger partial charge is 0.354 e. The van der Waals surface area contributed by atoms with Crippen LogP contribution in [0.1, 0.15) is 10.5 Å². The number of hydrogen-bond donors (Lipinski definition) is 4. The first-order valence-electron chi connectivity index (χ1n) is 9.61. The lowest BCUT2D eigenvalue weighted by atomic mass is 10.1. The first-order valence-corrected chi connectivity index (χ1v) is 9.61. The lowest BCUT2D eigenvalue weighted by Crippen LogP contribution is -2.37. The van der Waals surface area contributed by atoms with E-state index >= 15 is 0 Å². The van der Waals surface area contributed by atoms with Gasteiger partial charge >= 0.3 is 5.97 Å². The fourth-order valence-corrected chi connectivity index (χ4v) is 3.33. The maximum absolute atomic E-state index is 14.1. The molecule has 1 aliphatic rings. The Labute approximate surface area is 176 Å². The topological polar surface area (TPSA) is 141 Å². The van der Waals surface area contributed by atoms with E-state index < -0.39 is 17.5 Å². The maximum atomic E-state index is 14.1. The molecular weight excluding hydrogens is 409 g/mol. The zero-order valence-electron chi connectivity index (χ0n) is 16.4. The largest absolute Gasteiger partial charge is 0.504 e. The number of aliphatic hydroxyl groups is 1. The number of aliphatic hydroxyl groups excluding tert-OH is 1. The number of hydrogen-bond acceptors (Lipinski definition) is 9. The third-order valence-electron chi connectivity index (χ3n) is 4.82. The standard InChI is InChI=1S/C20H20FN5O5/c21-12-3-1-2-11(18(12)28)15-17-16(25-20(24-15)26-5-8-31-9-6-26)13(22-4-7-27)10-14(23-17)19(29)30/h1-3,10,27-28H,4-9H2,(H,22,23)(H,29,30). The number of carbonyl (C=O) groups is 1. The molecule has 0 radical (unpaired) electrons. The Morgan fingerprint density at radius 1 is 1.19 bits per heavy atom. The Kier molecular flexibility index (Phi) is 5.78. The Hall–Kier alpha value is -3.57. The fraction of sp³-hybridized carbons (Fsp3) is 0.300. The van der Waals surface area contributed by atoms with E-state index in [-0.39, 0.29) is 41.1 Å². The number of aromatic hydroxyl groups is 1. The zero-order valence-corrected chi connectivity index (χ0v) is 16.4. The number of anilines is 2. The molecule has 3 aromatic rings. The molecule has 0 unspecified atom stereocenters. The highest BCUT2D eigenvalue weighted by Gasteiger charge is 2.23. The minimum atomic E-state index is -1.28. The molecule has 4 rings (SSSR count). The van der Waals surface area contributed by atoms with Crippen molar-refractivity contribution in [1.29, 1.82) is 0 Å². The highest BCUT2D eigenvalue weighted by Crippen LogP contribution is 2.36. The van der Waals surface area contributed by atoms with E-state index in [2.05, 4.69) is 20.3 Å². The molecule has 31 heavy (non-hydrogen) atoms. The van der Waals surface area contributed by atoms with Crippen molar-refractivity contribution in [3.8, 4) is 17.0 Å². The summed E-state index contributed by atoms with van der Waals surface area (Å²) in [6.07, 6.45) is 0. The molecule has 0 aliphatic carbocycles. The van der Waals surface area contributed by atoms with Crippen molar-refractivity contribution in [3.63, 3.8) is 0 Å². The number of benzene rings is 1. The van der Waals surface area contributed by atoms with Gasteiger partial charge in [-0.25, -0.2) is 24.1 Å². The molecule has 0 bridgehead atoms. The number of nitrogens with zero attached hydrogens (tertiary/aromatic N) is 4. The summed E-state index contributed by atoms with van der Waals surface area (Å²) in [7, 11) is 0. The number of halogens is 1. The van der Waals surface area contributed by atoms with Gasteiger partial charge in [0.05, 0.1) is 25.5 Å². The lowest BCUT2D eigenvalue weighted by molar-refractivity contribution is 0.0691. The van der Waals surface area contributed by atoms with Crippen LogP contribution in [0.4, 0.5) is 16.0 Å². The van der Waals surface area contributed by atoms with Crippen LogP contribution in [0, 0.1) is 5.82 Å². The van der Waals surface area contributed by atoms with E-state index in [0.29, 0.717) is 37.9 Å². The highest BCUT2D eigenvalue weighted by molar-refractivity contribution is 6.01. The minimum absolute atomic E-state index is 0.0602. The van der Waals surface area contributed by atoms with Gasteiger partial charge in [-0.15, -0.1) is 0 Å². The number of carboxylic acids is 1. The number of ether oxygens (including phenoxy) is 1. The van der Waals surface area contributed by atoms with Crippen molar-refractivity contribution in [1.82, 2.24) is 15.0 Å². The van der Waals surface area contributed by atoms with Gasteiger partial charge < -0.3 is 30.3 Å². The van der Waals surface area contributed by atoms with Gasteiger partial charge in [-0.2, -0.15) is 0 Å². The number of phenolic OH excluding ortho intramolecular Hbond substituents is 1. The van der Waals surface area contributed by atoms with Gasteiger partial charge in [-0.3, -0.25) is 0 Å². The van der Waals surface area contributed by atoms with Crippen LogP contribution < -0.4 is 10.2 Å². The van der Waals surface area contributed by atoms with E-state index in [9.17, 15) is 24.5 Å². The van der Waals surface area contributed by atoms with Crippen LogP contribution in [-0.2, 0) is 4.74 Å². The number of morpholine rings is 1. The second-order valence-corrected chi connectivity index (χ2v) is 6.82. The van der Waals surface area contributed by atoms with E-state index in [1.165, 1.54) is 18.2 Å². The molecule has 11 heteroatoms. The predicted octanol–water partition coefficient (Wildman–Crippen LogP) is 1.48. The van der Waals surface area contributed by atoms with E-state index in [0.717, 1.165) is 6.07 Å². The molecule has 1 aliphatic heterocycles. The van der Waals surface area contributed by atoms with Crippen LogP contribution in [0.2, 0.25) is 0 Å². The molecule has 0 spiro atoms. The van der Waals surface area contributed by atoms with Crippen LogP contribution >= 0.6 is 0 Å². The quantitative estimate of drug-likeness (QED) is 0.455. The molecule has 3 heterocycles. The van der Waals surface area contributed by atoms with Crippen molar-refractivity contribution in [3.05, 3.63) is 35.8 Å². The van der Waals surface area contributed by atoms with Crippen molar-refractivity contribution in [2.24, 2.45) is 0 Å². The molecule has 1 saturated heterocycles. The Bertz CT molecular complexity index is 1140. The summed E-state index contributed by atoms with van der Waals surface area (Å²) in [4.78, 5) is 26.8. The number of phenols is 1. The monoisotopic (exact) mass is 429 g/mol. The van der Waals surface area contributed by atoms with Crippen LogP contribution in [0.5, 0.6) is 5.75 Å². The predicted molar refractivity (Wildman–Crippen MR) is 110 cm³/mol. The first-order chi connectivity index (χ1) is 15.0. The van der Waals surface area contributed by atoms with Gasteiger partial charge in [0.1, 0.15) is 16.7 Å². The number of nitrogens with one attached hydrogen (secondary N) is 1. The van der Waals surface area contributed by atoms with Crippen LogP contribution in [0.15, 0.2) is 24.3 Å². The summed E-state index contributed by atoms with van der Waals surface area (Å²) in [6, 6.07) is 5.30. The molecule has 1 fully saturated rings. The average Bonchev–Trinajstić information content (AvgIpc) is 2.79. The van der Waals surface area contributed by atoms with Gasteiger partial charge in [-0.1, -0.05) is 6.07 Å². The van der Waals surface area contributed by atoms with Gasteiger partial charge in [0, 0.05) is 25.2 Å². The molecule has 0 saturated carbocycles. The molecule has 2 aromatic heterocycles. The molecular formula is C20H20FN5O5. The SMILES string of the molecule is O=C(O)c1cc(NCCO)c2nc(N3CCOCC3)nc(-c3cccc(F)c3O)c2n1. The Morgan fingerprint density at radius 3 is 2.68 bits per heavy atom. The van der Waals surface area contributed by atoms with Crippen molar-refractivity contribution in [2.45, 2.75) is 0 Å². The molecule has 162 valence electrons. The van der Waals surface area contributed by atoms with Gasteiger partial charge in [0.2, 0.25) is 5.95 Å². The van der Waals surface area contributed by atoms with Gasteiger partial charge in [-0.05, 0) is 18.2 Å². The average molecular weight is 429 g/mol. The number of para-hydroxylation sites is 1. The number of pyridine rings is 1. The van der Waals surface area contributed by atoms with Crippen LogP contribution in [0.3, 0.4) is 0 Å². The highest BCUT2D eigenvalue weighted by atomic mass is 19.1. The summed E-state index contributed by atoms with van der Waals surface area (Å²) in [6.45, 7) is 1.97. The zero-order chi connectivity index (χ0) is 22.0. The normalized spacial score (nSPS) is 14.1. The minimum Gasteiger partial charge on any atom is -0.504 e. The van der Waals surface area contributed by atoms with Crippen LogP contribution in [0.25, 0.3) is 22.3 Å². The lowest BCUT2D eigenvalue weighted by Gasteiger charge is -2.27. The van der Waals surface area contributed by atoms with Crippen molar-refractivity contribution >= 4 is 28.6 Å². The summed E-state index contributed by atoms with van der Waals surface area (Å²) >= 11 is 0. The molecule has 0 amide bonds. The second kappa shape index (κ2) is 8.66. The Balaban J connectivity index is 2.03. The number of carboxylic acid groups (broad SMARTS) is 1. The fourth-order valence-electron chi connectivity index (χ4n) is 3.33. The third-order valence-corrected chi connectivity index (χ3v) is 4.82. The second-order valence-electron chi connectivity index (χ2n) is 6.82. The molecule has 10 nitrogen and oxygen atoms in total. The maximum Gasteiger partial charge on any atom is 0.354 e. The summed E-state index contributed by atoms with van der Waals surface area (Å²) in [5, 5.41) is 32.0. The Morgan fingerprint density at radius 2 is 1.97 bits per heavy atom. The van der Waals surface area contributed by atoms with E-state index in [1.807, 2.05) is 4.90 Å². The number of rotatable bonds is 6. The summed E-state index contributed by atoms with van der Waals surface area (Å²) < 4.78 is 19.5. The number of fused-ring (bicyclic) bond motifs is 1. The van der Waals surface area contributed by atoms with Gasteiger partial charge in [0.15, 0.2) is 17.3 Å². The van der Waals surface area contributed by atoms with E-state index in [4.69, 9.17) is 4.74 Å². The third kappa shape index (κ3) is 4.05. The first kappa shape index (κ1) is 20.7. The van der Waals surface area contributed by atoms with Crippen molar-refractivity contribution in [2.75, 3.05) is 49.7 Å². The summed E-state index contributed by atoms with van der Waals surface area (Å²) in [5.41, 5.74) is 0.564. The van der Waals surface area contributed by atoms with Crippen molar-refractivity contribution < 1.29 is 29.2 Å². The van der Waals surface area contributed by atoms with Crippen LogP contribution in [-0.4, -0.2) is 75.7 Å². The molecule has 0 atom stereocenters. The molecule has 1 aromatic carbocycles. The van der Waals surface area contributed by atoms with Gasteiger partial charge in [0.25, 0.3) is 0 Å². The number of aromatic carboxylic acids is 1. The summed E-state index contributed by atoms with van der Waals surface area (Å²) in [5.74, 6) is -2.43. The van der Waals surface area contributed by atoms with E-state index in [1.54, 1.807) is 0 Å².